The lowest BCUT2D eigenvalue weighted by molar-refractivity contribution is 0.0987. The summed E-state index contributed by atoms with van der Waals surface area (Å²) in [4.78, 5) is 51.7. The van der Waals surface area contributed by atoms with Crippen molar-refractivity contribution in [3.63, 3.8) is 0 Å². The van der Waals surface area contributed by atoms with Crippen LogP contribution < -0.4 is 0 Å². The maximum atomic E-state index is 14.1. The summed E-state index contributed by atoms with van der Waals surface area (Å²) in [6, 6.07) is 1.54. The Morgan fingerprint density at radius 2 is 1.15 bits per heavy atom. The van der Waals surface area contributed by atoms with Crippen LogP contribution in [0.2, 0.25) is 0 Å². The number of Topliss-reactive ketones (excluding diaryl/α,β-unsaturated/α-hetero) is 2. The standard InChI is InChI=1S/C30H28O9/c1-10(2)17-14-7-12(5)19(27(36)21(14)15(8-31)25(34)29(17)38)20-13(6)24(33)23-18(11(3)4)30(39)26(35)16(9-32)22(23)28(20)37/h7-11,34-36,38-39H,1-6H3. The molecule has 3 aromatic carbocycles. The van der Waals surface area contributed by atoms with Crippen molar-refractivity contribution in [2.75, 3.05) is 0 Å². The van der Waals surface area contributed by atoms with Gasteiger partial charge in [-0.15, -0.1) is 0 Å². The summed E-state index contributed by atoms with van der Waals surface area (Å²) in [5.74, 6) is -5.71. The van der Waals surface area contributed by atoms with Crippen LogP contribution in [0, 0.1) is 6.92 Å². The predicted octanol–water partition coefficient (Wildman–Crippen LogP) is 5.40. The van der Waals surface area contributed by atoms with Gasteiger partial charge in [-0.1, -0.05) is 33.8 Å². The molecule has 0 saturated carbocycles. The smallest absolute Gasteiger partial charge is 0.195 e. The van der Waals surface area contributed by atoms with Crippen LogP contribution in [0.5, 0.6) is 28.7 Å². The minimum Gasteiger partial charge on any atom is -0.507 e. The number of allylic oxidation sites excluding steroid dienone is 2. The summed E-state index contributed by atoms with van der Waals surface area (Å²) in [5, 5.41) is 54.0. The van der Waals surface area contributed by atoms with Crippen molar-refractivity contribution in [3.05, 3.63) is 56.1 Å². The highest BCUT2D eigenvalue weighted by Gasteiger charge is 2.40. The number of carbonyl (C=O) groups is 4. The number of benzene rings is 3. The summed E-state index contributed by atoms with van der Waals surface area (Å²) in [6.07, 6.45) is 0.444. The Balaban J connectivity index is 2.20. The van der Waals surface area contributed by atoms with Gasteiger partial charge in [0.15, 0.2) is 47.1 Å². The van der Waals surface area contributed by atoms with Crippen LogP contribution >= 0.6 is 0 Å². The van der Waals surface area contributed by atoms with Gasteiger partial charge >= 0.3 is 0 Å². The molecule has 3 aromatic rings. The number of phenolic OH excluding ortho intramolecular Hbond substituents is 5. The number of aryl methyl sites for hydroxylation is 1. The SMILES string of the molecule is CC1=C(c2c(C)cc3c(C(C)C)c(O)c(O)c(C=O)c3c2O)C(=O)c2c(C=O)c(O)c(O)c(C(C)C)c2C1=O. The van der Waals surface area contributed by atoms with E-state index in [1.807, 2.05) is 0 Å². The van der Waals surface area contributed by atoms with E-state index in [9.17, 15) is 44.7 Å². The van der Waals surface area contributed by atoms with Crippen LogP contribution in [0.15, 0.2) is 11.6 Å². The highest BCUT2D eigenvalue weighted by Crippen LogP contribution is 2.51. The minimum atomic E-state index is -0.848. The van der Waals surface area contributed by atoms with E-state index in [-0.39, 0.29) is 62.7 Å². The fraction of sp³-hybridized carbons (Fsp3) is 0.267. The number of aldehydes is 2. The van der Waals surface area contributed by atoms with Crippen molar-refractivity contribution in [1.29, 1.82) is 0 Å². The molecule has 9 heteroatoms. The van der Waals surface area contributed by atoms with Crippen LogP contribution in [0.3, 0.4) is 0 Å². The maximum Gasteiger partial charge on any atom is 0.195 e. The molecule has 0 unspecified atom stereocenters. The van der Waals surface area contributed by atoms with Crippen molar-refractivity contribution in [2.45, 2.75) is 53.4 Å². The summed E-state index contributed by atoms with van der Waals surface area (Å²) in [5.41, 5.74) is -1.45. The highest BCUT2D eigenvalue weighted by molar-refractivity contribution is 6.43. The molecule has 0 saturated heterocycles. The normalized spacial score (nSPS) is 13.5. The number of aromatic hydroxyl groups is 5. The molecule has 1 aliphatic rings. The third kappa shape index (κ3) is 3.60. The van der Waals surface area contributed by atoms with Gasteiger partial charge in [-0.05, 0) is 36.6 Å². The average Bonchev–Trinajstić information content (AvgIpc) is 2.86. The molecule has 1 aliphatic carbocycles. The van der Waals surface area contributed by atoms with Crippen LogP contribution in [0.1, 0.15) is 110 Å². The second-order valence-electron chi connectivity index (χ2n) is 10.3. The fourth-order valence-corrected chi connectivity index (χ4v) is 5.61. The van der Waals surface area contributed by atoms with Gasteiger partial charge in [-0.3, -0.25) is 19.2 Å². The lowest BCUT2D eigenvalue weighted by Crippen LogP contribution is -2.25. The number of fused-ring (bicyclic) bond motifs is 2. The Morgan fingerprint density at radius 3 is 1.67 bits per heavy atom. The summed E-state index contributed by atoms with van der Waals surface area (Å²) < 4.78 is 0. The number of carbonyl (C=O) groups excluding carboxylic acids is 4. The first-order valence-electron chi connectivity index (χ1n) is 12.3. The zero-order valence-electron chi connectivity index (χ0n) is 22.3. The third-order valence-electron chi connectivity index (χ3n) is 7.35. The molecule has 0 heterocycles. The molecule has 5 N–H and O–H groups in total. The van der Waals surface area contributed by atoms with Crippen molar-refractivity contribution < 1.29 is 44.7 Å². The highest BCUT2D eigenvalue weighted by atomic mass is 16.3. The summed E-state index contributed by atoms with van der Waals surface area (Å²) in [7, 11) is 0. The molecule has 9 nitrogen and oxygen atoms in total. The molecule has 0 fully saturated rings. The zero-order valence-corrected chi connectivity index (χ0v) is 22.3. The maximum absolute atomic E-state index is 14.1. The Labute approximate surface area is 223 Å². The van der Waals surface area contributed by atoms with Gasteiger partial charge in [0.25, 0.3) is 0 Å². The van der Waals surface area contributed by atoms with Crippen LogP contribution in [-0.4, -0.2) is 49.7 Å². The van der Waals surface area contributed by atoms with Crippen LogP contribution in [-0.2, 0) is 0 Å². The monoisotopic (exact) mass is 532 g/mol. The van der Waals surface area contributed by atoms with E-state index in [1.54, 1.807) is 34.6 Å². The molecule has 0 aromatic heterocycles. The first-order chi connectivity index (χ1) is 18.2. The average molecular weight is 533 g/mol. The molecule has 0 spiro atoms. The molecule has 4 rings (SSSR count). The van der Waals surface area contributed by atoms with Crippen molar-refractivity contribution in [2.24, 2.45) is 0 Å². The minimum absolute atomic E-state index is 0.00881. The lowest BCUT2D eigenvalue weighted by atomic mass is 9.74. The molecule has 39 heavy (non-hydrogen) atoms. The van der Waals surface area contributed by atoms with Gasteiger partial charge in [-0.25, -0.2) is 0 Å². The molecule has 202 valence electrons. The summed E-state index contributed by atoms with van der Waals surface area (Å²) in [6.45, 7) is 9.72. The largest absolute Gasteiger partial charge is 0.507 e. The lowest BCUT2D eigenvalue weighted by Gasteiger charge is -2.27. The van der Waals surface area contributed by atoms with Gasteiger partial charge in [-0.2, -0.15) is 0 Å². The van der Waals surface area contributed by atoms with E-state index in [2.05, 4.69) is 0 Å². The second-order valence-corrected chi connectivity index (χ2v) is 10.3. The van der Waals surface area contributed by atoms with Gasteiger partial charge in [0.05, 0.1) is 11.1 Å². The molecular formula is C30H28O9. The Kier molecular flexibility index (Phi) is 6.51. The van der Waals surface area contributed by atoms with Crippen molar-refractivity contribution in [1.82, 2.24) is 0 Å². The number of rotatable bonds is 5. The molecule has 0 bridgehead atoms. The first-order valence-corrected chi connectivity index (χ1v) is 12.3. The quantitative estimate of drug-likeness (QED) is 0.213. The van der Waals surface area contributed by atoms with Crippen LogP contribution in [0.4, 0.5) is 0 Å². The topological polar surface area (TPSA) is 169 Å². The fourth-order valence-electron chi connectivity index (χ4n) is 5.61. The predicted molar refractivity (Wildman–Crippen MR) is 144 cm³/mol. The van der Waals surface area contributed by atoms with Crippen LogP contribution in [0.25, 0.3) is 16.3 Å². The van der Waals surface area contributed by atoms with E-state index in [0.29, 0.717) is 5.56 Å². The van der Waals surface area contributed by atoms with E-state index in [4.69, 9.17) is 0 Å². The zero-order chi connectivity index (χ0) is 29.2. The summed E-state index contributed by atoms with van der Waals surface area (Å²) >= 11 is 0. The van der Waals surface area contributed by atoms with Gasteiger partial charge in [0.2, 0.25) is 0 Å². The molecule has 0 radical (unpaired) electrons. The second kappa shape index (κ2) is 9.27. The first kappa shape index (κ1) is 27.4. The van der Waals surface area contributed by atoms with Gasteiger partial charge in [0.1, 0.15) is 5.75 Å². The van der Waals surface area contributed by atoms with E-state index >= 15 is 0 Å². The number of hydrogen-bond acceptors (Lipinski definition) is 9. The molecular weight excluding hydrogens is 504 g/mol. The molecule has 0 atom stereocenters. The Morgan fingerprint density at radius 1 is 0.641 bits per heavy atom. The van der Waals surface area contributed by atoms with Crippen molar-refractivity contribution >= 4 is 40.5 Å². The van der Waals surface area contributed by atoms with Crippen molar-refractivity contribution in [3.8, 4) is 28.7 Å². The number of phenols is 5. The number of hydrogen-bond donors (Lipinski definition) is 5. The van der Waals surface area contributed by atoms with Gasteiger partial charge < -0.3 is 25.5 Å². The Bertz CT molecular complexity index is 1690. The molecule has 0 amide bonds. The van der Waals surface area contributed by atoms with E-state index in [1.165, 1.54) is 13.0 Å². The third-order valence-corrected chi connectivity index (χ3v) is 7.35. The van der Waals surface area contributed by atoms with E-state index in [0.717, 1.165) is 0 Å². The number of ketones is 2. The molecule has 0 aliphatic heterocycles. The van der Waals surface area contributed by atoms with E-state index < -0.39 is 62.9 Å². The Hall–Kier alpha value is -4.66. The van der Waals surface area contributed by atoms with Gasteiger partial charge in [0, 0.05) is 44.3 Å².